The van der Waals surface area contributed by atoms with Crippen molar-refractivity contribution in [1.82, 2.24) is 9.97 Å². The fourth-order valence-corrected chi connectivity index (χ4v) is 2.31. The minimum absolute atomic E-state index is 0.224. The summed E-state index contributed by atoms with van der Waals surface area (Å²) in [6, 6.07) is 9.03. The predicted octanol–water partition coefficient (Wildman–Crippen LogP) is 3.66. The molecule has 4 nitrogen and oxygen atoms in total. The fraction of sp³-hybridized carbons (Fsp3) is 0.312. The van der Waals surface area contributed by atoms with Crippen LogP contribution in [-0.2, 0) is 11.2 Å². The largest absolute Gasteiger partial charge is 0.481 e. The number of aliphatic carboxylic acids is 1. The number of carboxylic acids is 1. The molecule has 0 aliphatic rings. The zero-order valence-corrected chi connectivity index (χ0v) is 12.7. The lowest BCUT2D eigenvalue weighted by molar-refractivity contribution is -0.138. The van der Waals surface area contributed by atoms with Crippen molar-refractivity contribution >= 4 is 17.6 Å². The van der Waals surface area contributed by atoms with Crippen LogP contribution in [0.3, 0.4) is 0 Å². The highest BCUT2D eigenvalue weighted by Gasteiger charge is 2.23. The summed E-state index contributed by atoms with van der Waals surface area (Å²) in [4.78, 5) is 19.9. The van der Waals surface area contributed by atoms with E-state index in [1.165, 1.54) is 6.33 Å². The maximum Gasteiger partial charge on any atom is 0.312 e. The molecule has 0 aliphatic carbocycles. The number of hydrogen-bond donors (Lipinski definition) is 1. The Labute approximate surface area is 128 Å². The van der Waals surface area contributed by atoms with E-state index < -0.39 is 11.9 Å². The number of benzene rings is 1. The van der Waals surface area contributed by atoms with Crippen LogP contribution in [0.5, 0.6) is 0 Å². The van der Waals surface area contributed by atoms with Crippen LogP contribution in [0.25, 0.3) is 0 Å². The second-order valence-corrected chi connectivity index (χ2v) is 5.62. The van der Waals surface area contributed by atoms with E-state index in [9.17, 15) is 9.90 Å². The molecule has 110 valence electrons. The number of carbonyl (C=O) groups is 1. The Kier molecular flexibility index (Phi) is 4.91. The van der Waals surface area contributed by atoms with Crippen molar-refractivity contribution in [3.8, 4) is 0 Å². The molecule has 2 rings (SSSR count). The van der Waals surface area contributed by atoms with Gasteiger partial charge in [-0.2, -0.15) is 0 Å². The van der Waals surface area contributed by atoms with E-state index in [0.29, 0.717) is 17.1 Å². The molecule has 1 N–H and O–H groups in total. The molecule has 0 bridgehead atoms. The lowest BCUT2D eigenvalue weighted by Gasteiger charge is -2.14. The Morgan fingerprint density at radius 1 is 1.24 bits per heavy atom. The van der Waals surface area contributed by atoms with Gasteiger partial charge in [0.05, 0.1) is 5.69 Å². The number of nitrogens with zero attached hydrogens (tertiary/aromatic N) is 2. The van der Waals surface area contributed by atoms with Crippen molar-refractivity contribution in [3.63, 3.8) is 0 Å². The van der Waals surface area contributed by atoms with Crippen molar-refractivity contribution in [3.05, 3.63) is 58.6 Å². The van der Waals surface area contributed by atoms with Gasteiger partial charge < -0.3 is 5.11 Å². The van der Waals surface area contributed by atoms with Crippen molar-refractivity contribution in [2.24, 2.45) is 0 Å². The fourth-order valence-electron chi connectivity index (χ4n) is 2.10. The highest BCUT2D eigenvalue weighted by molar-refractivity contribution is 6.31. The monoisotopic (exact) mass is 304 g/mol. The second kappa shape index (κ2) is 6.68. The average Bonchev–Trinajstić information content (AvgIpc) is 2.46. The maximum atomic E-state index is 11.6. The van der Waals surface area contributed by atoms with Crippen LogP contribution in [0.2, 0.25) is 5.02 Å². The zero-order chi connectivity index (χ0) is 15.4. The van der Waals surface area contributed by atoms with Gasteiger partial charge in [-0.25, -0.2) is 9.97 Å². The molecule has 1 unspecified atom stereocenters. The summed E-state index contributed by atoms with van der Waals surface area (Å²) < 4.78 is 0. The van der Waals surface area contributed by atoms with Gasteiger partial charge in [0.2, 0.25) is 0 Å². The molecule has 0 saturated heterocycles. The first-order valence-electron chi connectivity index (χ1n) is 6.77. The lowest BCUT2D eigenvalue weighted by Crippen LogP contribution is -2.17. The molecule has 0 amide bonds. The van der Waals surface area contributed by atoms with Gasteiger partial charge in [-0.15, -0.1) is 0 Å². The van der Waals surface area contributed by atoms with Gasteiger partial charge in [0.1, 0.15) is 12.2 Å². The minimum atomic E-state index is -0.914. The maximum absolute atomic E-state index is 11.6. The Balaban J connectivity index is 2.34. The van der Waals surface area contributed by atoms with Crippen molar-refractivity contribution in [2.75, 3.05) is 0 Å². The standard InChI is InChI=1S/C16H17ClN2O2/c1-10(2)14-8-15(19-9-18-14)12(16(20)21)7-11-5-3-4-6-13(11)17/h3-6,8-10,12H,7H2,1-2H3,(H,20,21). The number of aromatic nitrogens is 2. The SMILES string of the molecule is CC(C)c1cc(C(Cc2ccccc2Cl)C(=O)O)ncn1. The molecule has 21 heavy (non-hydrogen) atoms. The van der Waals surface area contributed by atoms with E-state index in [0.717, 1.165) is 11.3 Å². The second-order valence-electron chi connectivity index (χ2n) is 5.21. The van der Waals surface area contributed by atoms with E-state index in [-0.39, 0.29) is 5.92 Å². The van der Waals surface area contributed by atoms with Crippen molar-refractivity contribution in [2.45, 2.75) is 32.1 Å². The van der Waals surface area contributed by atoms with Gasteiger partial charge in [-0.3, -0.25) is 4.79 Å². The van der Waals surface area contributed by atoms with Crippen molar-refractivity contribution < 1.29 is 9.90 Å². The smallest absolute Gasteiger partial charge is 0.312 e. The Bertz CT molecular complexity index is 644. The van der Waals surface area contributed by atoms with Gasteiger partial charge in [0.25, 0.3) is 0 Å². The number of halogens is 1. The van der Waals surface area contributed by atoms with Gasteiger partial charge in [0.15, 0.2) is 0 Å². The van der Waals surface area contributed by atoms with Gasteiger partial charge in [-0.1, -0.05) is 43.6 Å². The van der Waals surface area contributed by atoms with Crippen LogP contribution < -0.4 is 0 Å². The summed E-state index contributed by atoms with van der Waals surface area (Å²) in [5.74, 6) is -1.42. The summed E-state index contributed by atoms with van der Waals surface area (Å²) in [7, 11) is 0. The molecule has 0 radical (unpaired) electrons. The molecular formula is C16H17ClN2O2. The van der Waals surface area contributed by atoms with Crippen LogP contribution in [0.4, 0.5) is 0 Å². The summed E-state index contributed by atoms with van der Waals surface area (Å²) in [6.45, 7) is 4.02. The van der Waals surface area contributed by atoms with Crippen LogP contribution in [0.15, 0.2) is 36.7 Å². The highest BCUT2D eigenvalue weighted by Crippen LogP contribution is 2.25. The molecule has 1 aromatic carbocycles. The lowest BCUT2D eigenvalue weighted by atomic mass is 9.94. The Morgan fingerprint density at radius 2 is 1.90 bits per heavy atom. The van der Waals surface area contributed by atoms with Crippen molar-refractivity contribution in [1.29, 1.82) is 0 Å². The van der Waals surface area contributed by atoms with Crippen LogP contribution in [-0.4, -0.2) is 21.0 Å². The normalized spacial score (nSPS) is 12.4. The van der Waals surface area contributed by atoms with E-state index >= 15 is 0 Å². The molecule has 5 heteroatoms. The molecule has 0 aliphatic heterocycles. The summed E-state index contributed by atoms with van der Waals surface area (Å²) in [6.07, 6.45) is 1.73. The molecular weight excluding hydrogens is 288 g/mol. The summed E-state index contributed by atoms with van der Waals surface area (Å²) in [5.41, 5.74) is 2.16. The van der Waals surface area contributed by atoms with E-state index in [4.69, 9.17) is 11.6 Å². The minimum Gasteiger partial charge on any atom is -0.481 e. The average molecular weight is 305 g/mol. The van der Waals surface area contributed by atoms with Gasteiger partial charge in [-0.05, 0) is 30.0 Å². The highest BCUT2D eigenvalue weighted by atomic mass is 35.5. The molecule has 2 aromatic rings. The first kappa shape index (κ1) is 15.4. The number of carboxylic acid groups (broad SMARTS) is 1. The molecule has 0 fully saturated rings. The molecule has 1 heterocycles. The summed E-state index contributed by atoms with van der Waals surface area (Å²) in [5, 5.41) is 10.1. The topological polar surface area (TPSA) is 63.1 Å². The van der Waals surface area contributed by atoms with E-state index in [1.807, 2.05) is 32.0 Å². The third kappa shape index (κ3) is 3.79. The molecule has 0 spiro atoms. The van der Waals surface area contributed by atoms with Crippen LogP contribution >= 0.6 is 11.6 Å². The van der Waals surface area contributed by atoms with Crippen LogP contribution in [0.1, 0.15) is 42.6 Å². The first-order chi connectivity index (χ1) is 9.99. The Hall–Kier alpha value is -1.94. The van der Waals surface area contributed by atoms with Gasteiger partial charge in [0, 0.05) is 10.7 Å². The number of rotatable bonds is 5. The first-order valence-corrected chi connectivity index (χ1v) is 7.15. The third-order valence-electron chi connectivity index (χ3n) is 3.34. The molecule has 1 atom stereocenters. The third-order valence-corrected chi connectivity index (χ3v) is 3.71. The number of hydrogen-bond acceptors (Lipinski definition) is 3. The predicted molar refractivity (Wildman–Crippen MR) is 81.7 cm³/mol. The molecule has 0 saturated carbocycles. The van der Waals surface area contributed by atoms with Crippen LogP contribution in [0, 0.1) is 0 Å². The van der Waals surface area contributed by atoms with Gasteiger partial charge >= 0.3 is 5.97 Å². The Morgan fingerprint density at radius 3 is 2.52 bits per heavy atom. The molecule has 1 aromatic heterocycles. The van der Waals surface area contributed by atoms with E-state index in [2.05, 4.69) is 9.97 Å². The zero-order valence-electron chi connectivity index (χ0n) is 12.0. The quantitative estimate of drug-likeness (QED) is 0.915. The van der Waals surface area contributed by atoms with E-state index in [1.54, 1.807) is 12.1 Å². The summed E-state index contributed by atoms with van der Waals surface area (Å²) >= 11 is 6.12.